The van der Waals surface area contributed by atoms with Gasteiger partial charge in [-0.15, -0.1) is 0 Å². The van der Waals surface area contributed by atoms with Gasteiger partial charge in [-0.05, 0) is 44.7 Å². The van der Waals surface area contributed by atoms with Crippen molar-refractivity contribution < 1.29 is 4.79 Å². The minimum Gasteiger partial charge on any atom is -0.356 e. The molecule has 0 aromatic rings. The maximum Gasteiger partial charge on any atom is 0.219 e. The Bertz CT molecular complexity index is 243. The summed E-state index contributed by atoms with van der Waals surface area (Å²) in [6, 6.07) is 0. The van der Waals surface area contributed by atoms with Crippen LogP contribution in [0.3, 0.4) is 0 Å². The zero-order valence-electron chi connectivity index (χ0n) is 12.9. The van der Waals surface area contributed by atoms with Crippen LogP contribution in [0.2, 0.25) is 0 Å². The van der Waals surface area contributed by atoms with Gasteiger partial charge >= 0.3 is 0 Å². The molecule has 112 valence electrons. The van der Waals surface area contributed by atoms with E-state index in [0.717, 1.165) is 13.0 Å². The van der Waals surface area contributed by atoms with E-state index in [4.69, 9.17) is 0 Å². The van der Waals surface area contributed by atoms with Crippen molar-refractivity contribution >= 4 is 5.91 Å². The predicted octanol–water partition coefficient (Wildman–Crippen LogP) is 3.20. The van der Waals surface area contributed by atoms with Crippen LogP contribution in [0.15, 0.2) is 0 Å². The van der Waals surface area contributed by atoms with Gasteiger partial charge in [-0.2, -0.15) is 0 Å². The number of carbonyl (C=O) groups is 1. The van der Waals surface area contributed by atoms with E-state index in [2.05, 4.69) is 24.1 Å². The molecule has 1 saturated heterocycles. The average Bonchev–Trinajstić information content (AvgIpc) is 2.42. The summed E-state index contributed by atoms with van der Waals surface area (Å²) in [7, 11) is 0. The van der Waals surface area contributed by atoms with E-state index >= 15 is 0 Å². The first kappa shape index (κ1) is 16.5. The van der Waals surface area contributed by atoms with Crippen molar-refractivity contribution in [2.24, 2.45) is 5.92 Å². The van der Waals surface area contributed by atoms with Crippen LogP contribution in [-0.4, -0.2) is 37.0 Å². The molecule has 19 heavy (non-hydrogen) atoms. The largest absolute Gasteiger partial charge is 0.356 e. The molecule has 1 unspecified atom stereocenters. The summed E-state index contributed by atoms with van der Waals surface area (Å²) in [5.74, 6) is 0.892. The molecule has 0 bridgehead atoms. The monoisotopic (exact) mass is 268 g/mol. The Kier molecular flexibility index (Phi) is 8.89. The molecule has 0 spiro atoms. The normalized spacial score (nSPS) is 20.4. The first-order valence-electron chi connectivity index (χ1n) is 8.25. The van der Waals surface area contributed by atoms with Gasteiger partial charge in [0.1, 0.15) is 0 Å². The fourth-order valence-corrected chi connectivity index (χ4v) is 2.86. The third-order valence-electron chi connectivity index (χ3n) is 4.00. The number of hydrogen-bond donors (Lipinski definition) is 1. The fourth-order valence-electron chi connectivity index (χ4n) is 2.86. The first-order valence-corrected chi connectivity index (χ1v) is 8.25. The number of hydrogen-bond acceptors (Lipinski definition) is 2. The highest BCUT2D eigenvalue weighted by Gasteiger charge is 2.19. The van der Waals surface area contributed by atoms with E-state index in [0.29, 0.717) is 12.3 Å². The van der Waals surface area contributed by atoms with Crippen molar-refractivity contribution in [3.8, 4) is 0 Å². The molecule has 1 aliphatic heterocycles. The lowest BCUT2D eigenvalue weighted by Gasteiger charge is -2.32. The number of likely N-dealkylation sites (tertiary alicyclic amines) is 1. The molecule has 1 N–H and O–H groups in total. The molecule has 0 saturated carbocycles. The van der Waals surface area contributed by atoms with Gasteiger partial charge in [0, 0.05) is 19.5 Å². The van der Waals surface area contributed by atoms with E-state index < -0.39 is 0 Å². The third-order valence-corrected chi connectivity index (χ3v) is 4.00. The number of rotatable bonds is 9. The summed E-state index contributed by atoms with van der Waals surface area (Å²) in [6.45, 7) is 8.88. The van der Waals surface area contributed by atoms with Crippen molar-refractivity contribution in [2.75, 3.05) is 26.2 Å². The van der Waals surface area contributed by atoms with Crippen molar-refractivity contribution in [3.63, 3.8) is 0 Å². The Morgan fingerprint density at radius 1 is 1.21 bits per heavy atom. The van der Waals surface area contributed by atoms with Gasteiger partial charge in [-0.1, -0.05) is 33.1 Å². The van der Waals surface area contributed by atoms with E-state index in [1.165, 1.54) is 58.2 Å². The van der Waals surface area contributed by atoms with Gasteiger partial charge in [-0.25, -0.2) is 0 Å². The zero-order valence-corrected chi connectivity index (χ0v) is 12.9. The van der Waals surface area contributed by atoms with Gasteiger partial charge in [0.15, 0.2) is 0 Å². The summed E-state index contributed by atoms with van der Waals surface area (Å²) >= 11 is 0. The summed E-state index contributed by atoms with van der Waals surface area (Å²) in [6.07, 6.45) is 9.57. The topological polar surface area (TPSA) is 32.3 Å². The summed E-state index contributed by atoms with van der Waals surface area (Å²) < 4.78 is 0. The maximum atomic E-state index is 11.5. The Morgan fingerprint density at radius 3 is 2.79 bits per heavy atom. The van der Waals surface area contributed by atoms with Crippen molar-refractivity contribution in [1.29, 1.82) is 0 Å². The maximum absolute atomic E-state index is 11.5. The SMILES string of the molecule is CCCCCCN1CCCC(CNC(=O)CCC)C1. The quantitative estimate of drug-likeness (QED) is 0.651. The highest BCUT2D eigenvalue weighted by molar-refractivity contribution is 5.75. The number of nitrogens with one attached hydrogen (secondary N) is 1. The number of piperidine rings is 1. The number of unbranched alkanes of at least 4 members (excludes halogenated alkanes) is 3. The summed E-state index contributed by atoms with van der Waals surface area (Å²) in [5, 5.41) is 3.08. The number of carbonyl (C=O) groups excluding carboxylic acids is 1. The van der Waals surface area contributed by atoms with Gasteiger partial charge in [0.05, 0.1) is 0 Å². The smallest absolute Gasteiger partial charge is 0.219 e. The van der Waals surface area contributed by atoms with E-state index in [1.807, 2.05) is 0 Å². The molecule has 0 aliphatic carbocycles. The van der Waals surface area contributed by atoms with Gasteiger partial charge in [0.25, 0.3) is 0 Å². The first-order chi connectivity index (χ1) is 9.26. The zero-order chi connectivity index (χ0) is 13.9. The molecule has 0 radical (unpaired) electrons. The van der Waals surface area contributed by atoms with Crippen molar-refractivity contribution in [3.05, 3.63) is 0 Å². The number of amides is 1. The van der Waals surface area contributed by atoms with Crippen LogP contribution in [-0.2, 0) is 4.79 Å². The minimum atomic E-state index is 0.225. The van der Waals surface area contributed by atoms with Gasteiger partial charge < -0.3 is 10.2 Å². The highest BCUT2D eigenvalue weighted by atomic mass is 16.1. The lowest BCUT2D eigenvalue weighted by atomic mass is 9.97. The van der Waals surface area contributed by atoms with Crippen LogP contribution in [0.1, 0.15) is 65.2 Å². The third kappa shape index (κ3) is 7.56. The Labute approximate surface area is 119 Å². The van der Waals surface area contributed by atoms with Crippen molar-refractivity contribution in [1.82, 2.24) is 10.2 Å². The molecular weight excluding hydrogens is 236 g/mol. The molecule has 1 rings (SSSR count). The van der Waals surface area contributed by atoms with Gasteiger partial charge in [0.2, 0.25) is 5.91 Å². The molecule has 1 atom stereocenters. The van der Waals surface area contributed by atoms with Crippen LogP contribution in [0.5, 0.6) is 0 Å². The lowest BCUT2D eigenvalue weighted by Crippen LogP contribution is -2.41. The lowest BCUT2D eigenvalue weighted by molar-refractivity contribution is -0.121. The Morgan fingerprint density at radius 2 is 2.05 bits per heavy atom. The molecule has 0 aromatic heterocycles. The van der Waals surface area contributed by atoms with E-state index in [1.54, 1.807) is 0 Å². The second-order valence-electron chi connectivity index (χ2n) is 5.92. The second kappa shape index (κ2) is 10.2. The predicted molar refractivity (Wildman–Crippen MR) is 81.2 cm³/mol. The molecule has 3 heteroatoms. The molecule has 1 heterocycles. The fraction of sp³-hybridized carbons (Fsp3) is 0.938. The molecule has 0 aromatic carbocycles. The standard InChI is InChI=1S/C16H32N2O/c1-3-5-6-7-11-18-12-8-10-15(14-18)13-17-16(19)9-4-2/h15H,3-14H2,1-2H3,(H,17,19). The van der Waals surface area contributed by atoms with Crippen molar-refractivity contribution in [2.45, 2.75) is 65.2 Å². The molecule has 1 fully saturated rings. The second-order valence-corrected chi connectivity index (χ2v) is 5.92. The number of nitrogens with zero attached hydrogens (tertiary/aromatic N) is 1. The molecule has 3 nitrogen and oxygen atoms in total. The Balaban J connectivity index is 2.13. The van der Waals surface area contributed by atoms with Crippen LogP contribution < -0.4 is 5.32 Å². The summed E-state index contributed by atoms with van der Waals surface area (Å²) in [5.41, 5.74) is 0. The highest BCUT2D eigenvalue weighted by Crippen LogP contribution is 2.16. The molecule has 1 amide bonds. The van der Waals surface area contributed by atoms with Crippen LogP contribution >= 0.6 is 0 Å². The summed E-state index contributed by atoms with van der Waals surface area (Å²) in [4.78, 5) is 14.1. The molecule has 1 aliphatic rings. The molecular formula is C16H32N2O. The van der Waals surface area contributed by atoms with E-state index in [9.17, 15) is 4.79 Å². The average molecular weight is 268 g/mol. The van der Waals surface area contributed by atoms with Gasteiger partial charge in [-0.3, -0.25) is 4.79 Å². The van der Waals surface area contributed by atoms with Crippen LogP contribution in [0, 0.1) is 5.92 Å². The Hall–Kier alpha value is -0.570. The van der Waals surface area contributed by atoms with E-state index in [-0.39, 0.29) is 5.91 Å². The minimum absolute atomic E-state index is 0.225. The van der Waals surface area contributed by atoms with Crippen LogP contribution in [0.4, 0.5) is 0 Å². The van der Waals surface area contributed by atoms with Crippen LogP contribution in [0.25, 0.3) is 0 Å².